The van der Waals surface area contributed by atoms with Gasteiger partial charge < -0.3 is 106 Å². The number of nitrogens with zero attached hydrogens (tertiary/aromatic N) is 2. The minimum Gasteiger partial charge on any atom is -0.481 e. The molecule has 0 radical (unpaired) electrons. The molecule has 4 aliphatic heterocycles. The van der Waals surface area contributed by atoms with Gasteiger partial charge in [0.2, 0.25) is 0 Å². The molecule has 26 nitrogen and oxygen atoms in total. The first-order valence-corrected chi connectivity index (χ1v) is 21.6. The number of nitrogens with one attached hydrogen (secondary N) is 2. The Bertz CT molecular complexity index is 1720. The maximum absolute atomic E-state index is 9.77. The second kappa shape index (κ2) is 43.2. The third-order valence-electron chi connectivity index (χ3n) is 10.4. The Morgan fingerprint density at radius 1 is 0.560 bits per heavy atom. The Labute approximate surface area is 439 Å². The molecular weight excluding hydrogens is 997 g/mol. The van der Waals surface area contributed by atoms with Gasteiger partial charge in [0.15, 0.2) is 24.8 Å². The number of nitriles is 2. The monoisotopic (exact) mass is 1080 g/mol. The van der Waals surface area contributed by atoms with Crippen LogP contribution in [0.2, 0.25) is 0 Å². The molecule has 2 aromatic carbocycles. The van der Waals surface area contributed by atoms with Crippen LogP contribution in [0.4, 0.5) is 0 Å². The minimum atomic E-state index is -2.27. The summed E-state index contributed by atoms with van der Waals surface area (Å²) < 4.78 is 21.3. The molecule has 0 amide bonds. The van der Waals surface area contributed by atoms with Crippen LogP contribution in [0.1, 0.15) is 55.2 Å². The first-order chi connectivity index (χ1) is 33.1. The van der Waals surface area contributed by atoms with Gasteiger partial charge in [0.25, 0.3) is 5.97 Å². The second-order valence-corrected chi connectivity index (χ2v) is 15.8. The van der Waals surface area contributed by atoms with Gasteiger partial charge >= 0.3 is 11.9 Å². The highest BCUT2D eigenvalue weighted by Gasteiger charge is 2.40. The lowest BCUT2D eigenvalue weighted by molar-refractivity contribution is -0.257. The molecule has 2 aromatic rings. The predicted molar refractivity (Wildman–Crippen MR) is 269 cm³/mol. The van der Waals surface area contributed by atoms with Gasteiger partial charge in [-0.3, -0.25) is 4.79 Å². The number of hydrogen-bond donors (Lipinski definition) is 17. The number of aliphatic carboxylic acids is 3. The number of aliphatic hydroxyl groups is 12. The molecule has 6 rings (SSSR count). The SMILES string of the molecule is C.C.C.C.C.CC(=O)O.N#C[C@@H]1CO[C@@H](OCc2ccccc2)[C@@H](O)[C@@H]1O.N#C[C@@H]1CO[C@@H](OCc2ccccc2)[C@@H](O)[C@@H]1O.O=C(O)[C@H](O)[C@@H](O)C(=O)O.OC[C@H]1CNC[C@@H](O)[C@@H]1O.OC[C@H]1CNC[C@@H](O)[C@@H]1O. The molecule has 0 unspecified atom stereocenters. The fourth-order valence-electron chi connectivity index (χ4n) is 6.17. The van der Waals surface area contributed by atoms with E-state index in [0.29, 0.717) is 26.2 Å². The van der Waals surface area contributed by atoms with Crippen LogP contribution in [0, 0.1) is 46.3 Å². The first kappa shape index (κ1) is 79.0. The largest absolute Gasteiger partial charge is 0.481 e. The van der Waals surface area contributed by atoms with E-state index in [1.54, 1.807) is 0 Å². The Balaban J connectivity index is -0.000000270. The topological polar surface area (TPSA) is 463 Å². The predicted octanol–water partition coefficient (Wildman–Crippen LogP) is -2.17. The van der Waals surface area contributed by atoms with Gasteiger partial charge in [-0.2, -0.15) is 10.5 Å². The number of carboxylic acid groups (broad SMARTS) is 3. The average Bonchev–Trinajstić information content (AvgIpc) is 3.35. The zero-order chi connectivity index (χ0) is 52.9. The number of hydrogen-bond acceptors (Lipinski definition) is 23. The summed E-state index contributed by atoms with van der Waals surface area (Å²) in [6, 6.07) is 22.7. The number of β-amino-alcohol motifs (C(OH)–C–C–N with tert-alkyl or cyclic N) is 2. The molecule has 26 heteroatoms. The zero-order valence-electron chi connectivity index (χ0n) is 38.0. The van der Waals surface area contributed by atoms with Crippen LogP contribution in [0.3, 0.4) is 0 Å². The quantitative estimate of drug-likeness (QED) is 0.114. The lowest BCUT2D eigenvalue weighted by Gasteiger charge is -2.34. The van der Waals surface area contributed by atoms with E-state index in [4.69, 9.17) is 80.2 Å². The molecule has 0 saturated carbocycles. The smallest absolute Gasteiger partial charge is 0.335 e. The van der Waals surface area contributed by atoms with Crippen LogP contribution in [-0.4, -0.2) is 221 Å². The molecule has 75 heavy (non-hydrogen) atoms. The number of carboxylic acids is 3. The molecule has 16 atom stereocenters. The Morgan fingerprint density at radius 3 is 1.09 bits per heavy atom. The summed E-state index contributed by atoms with van der Waals surface area (Å²) in [7, 11) is 0. The van der Waals surface area contributed by atoms with Gasteiger partial charge in [0, 0.05) is 58.2 Å². The lowest BCUT2D eigenvalue weighted by Crippen LogP contribution is -2.51. The van der Waals surface area contributed by atoms with Crippen LogP contribution in [0.15, 0.2) is 60.7 Å². The highest BCUT2D eigenvalue weighted by Crippen LogP contribution is 2.23. The molecule has 17 N–H and O–H groups in total. The fraction of sp³-hybridized carbons (Fsp3) is 0.653. The van der Waals surface area contributed by atoms with Gasteiger partial charge in [-0.25, -0.2) is 9.59 Å². The van der Waals surface area contributed by atoms with E-state index < -0.39 is 103 Å². The Kier molecular flexibility index (Phi) is 45.5. The van der Waals surface area contributed by atoms with E-state index >= 15 is 0 Å². The average molecular weight is 1080 g/mol. The highest BCUT2D eigenvalue weighted by molar-refractivity contribution is 5.83. The van der Waals surface area contributed by atoms with Crippen molar-refractivity contribution < 1.29 is 110 Å². The summed E-state index contributed by atoms with van der Waals surface area (Å²) in [6.07, 6.45) is -14.0. The molecule has 0 bridgehead atoms. The molecular formula is C49H86N4O22. The number of aliphatic hydroxyl groups excluding tert-OH is 12. The van der Waals surface area contributed by atoms with Crippen molar-refractivity contribution in [2.45, 2.75) is 131 Å². The standard InChI is InChI=1S/2C13H15NO4.2C6H13NO3.C4H6O6.C2H4O2.5CH4/c2*14-6-10-8-18-13(12(16)11(10)15)17-7-9-4-2-1-3-5-9;2*8-3-4-1-7-2-5(9)6(4)10;5-1(3(7)8)2(6)4(9)10;1-2(3)4;;;;;/h2*1-5,10-13,15-16H,7-8H2;2*4-10H,1-3H2;1-2,5-6H,(H,7,8)(H,9,10);1H3,(H,3,4);5*1H4/t2*10-,11-,12+,13-;2*4-,5-,6-;1-,2-;;;;;;/m11111....../s1. The van der Waals surface area contributed by atoms with Crippen molar-refractivity contribution in [3.63, 3.8) is 0 Å². The normalized spacial score (nSPS) is 28.8. The van der Waals surface area contributed by atoms with Crippen molar-refractivity contribution in [2.24, 2.45) is 23.7 Å². The van der Waals surface area contributed by atoms with E-state index in [1.165, 1.54) is 0 Å². The third kappa shape index (κ3) is 29.3. The van der Waals surface area contributed by atoms with E-state index in [9.17, 15) is 40.2 Å². The van der Waals surface area contributed by atoms with Gasteiger partial charge in [-0.15, -0.1) is 0 Å². The summed E-state index contributed by atoms with van der Waals surface area (Å²) in [4.78, 5) is 28.5. The number of carbonyl (C=O) groups is 3. The van der Waals surface area contributed by atoms with Crippen LogP contribution in [0.5, 0.6) is 0 Å². The van der Waals surface area contributed by atoms with Crippen molar-refractivity contribution in [2.75, 3.05) is 52.6 Å². The summed E-state index contributed by atoms with van der Waals surface area (Å²) >= 11 is 0. The van der Waals surface area contributed by atoms with E-state index in [2.05, 4.69) is 10.6 Å². The second-order valence-electron chi connectivity index (χ2n) is 15.8. The highest BCUT2D eigenvalue weighted by atomic mass is 16.7. The van der Waals surface area contributed by atoms with Crippen molar-refractivity contribution in [3.05, 3.63) is 71.8 Å². The number of piperidine rings is 2. The lowest BCUT2D eigenvalue weighted by atomic mass is 9.95. The summed E-state index contributed by atoms with van der Waals surface area (Å²) in [5.74, 6) is -6.23. The van der Waals surface area contributed by atoms with Crippen LogP contribution in [0.25, 0.3) is 0 Å². The summed E-state index contributed by atoms with van der Waals surface area (Å²) in [6.45, 7) is 3.61. The van der Waals surface area contributed by atoms with Crippen LogP contribution in [-0.2, 0) is 46.5 Å². The molecule has 4 fully saturated rings. The maximum atomic E-state index is 9.77. The molecule has 0 spiro atoms. The Morgan fingerprint density at radius 2 is 0.853 bits per heavy atom. The number of rotatable bonds is 11. The van der Waals surface area contributed by atoms with Crippen molar-refractivity contribution >= 4 is 17.9 Å². The molecule has 0 aromatic heterocycles. The first-order valence-electron chi connectivity index (χ1n) is 21.6. The maximum Gasteiger partial charge on any atom is 0.335 e. The Hall–Kier alpha value is -4.89. The van der Waals surface area contributed by atoms with Gasteiger partial charge in [-0.05, 0) is 11.1 Å². The summed E-state index contributed by atoms with van der Waals surface area (Å²) in [5, 5.41) is 156. The van der Waals surface area contributed by atoms with E-state index in [0.717, 1.165) is 18.1 Å². The van der Waals surface area contributed by atoms with Crippen molar-refractivity contribution in [1.29, 1.82) is 10.5 Å². The van der Waals surface area contributed by atoms with E-state index in [-0.39, 0.29) is 88.6 Å². The number of benzene rings is 2. The van der Waals surface area contributed by atoms with Crippen LogP contribution >= 0.6 is 0 Å². The van der Waals surface area contributed by atoms with Gasteiger partial charge in [0.1, 0.15) is 24.4 Å². The molecule has 4 saturated heterocycles. The van der Waals surface area contributed by atoms with Gasteiger partial charge in [0.05, 0.1) is 74.8 Å². The van der Waals surface area contributed by atoms with Crippen LogP contribution < -0.4 is 10.6 Å². The molecule has 0 aliphatic carbocycles. The van der Waals surface area contributed by atoms with Crippen molar-refractivity contribution in [1.82, 2.24) is 10.6 Å². The molecule has 4 heterocycles. The molecule has 4 aliphatic rings. The zero-order valence-corrected chi connectivity index (χ0v) is 38.0. The summed E-state index contributed by atoms with van der Waals surface area (Å²) in [5.41, 5.74) is 1.90. The van der Waals surface area contributed by atoms with Gasteiger partial charge in [-0.1, -0.05) is 97.8 Å². The third-order valence-corrected chi connectivity index (χ3v) is 10.4. The fourth-order valence-corrected chi connectivity index (χ4v) is 6.17. The van der Waals surface area contributed by atoms with E-state index in [1.807, 2.05) is 72.8 Å². The number of ether oxygens (including phenoxy) is 4. The molecule has 434 valence electrons. The minimum absolute atomic E-state index is 0. The van der Waals surface area contributed by atoms with Crippen molar-refractivity contribution in [3.8, 4) is 12.1 Å².